The third kappa shape index (κ3) is 5.10. The molecule has 0 radical (unpaired) electrons. The van der Waals surface area contributed by atoms with Crippen LogP contribution < -0.4 is 5.73 Å². The number of thiocarbonyl (C=S) groups is 1. The Bertz CT molecular complexity index is 510. The molecule has 1 aromatic rings. The summed E-state index contributed by atoms with van der Waals surface area (Å²) in [7, 11) is 0. The minimum atomic E-state index is 0.242. The molecule has 1 aliphatic heterocycles. The summed E-state index contributed by atoms with van der Waals surface area (Å²) in [6.45, 7) is 5.98. The molecule has 0 bridgehead atoms. The first-order chi connectivity index (χ1) is 10.0. The van der Waals surface area contributed by atoms with Crippen LogP contribution >= 0.6 is 12.2 Å². The van der Waals surface area contributed by atoms with E-state index in [2.05, 4.69) is 30.0 Å². The van der Waals surface area contributed by atoms with E-state index in [0.29, 0.717) is 18.0 Å². The highest BCUT2D eigenvalue weighted by atomic mass is 32.1. The van der Waals surface area contributed by atoms with Gasteiger partial charge in [0.1, 0.15) is 0 Å². The largest absolute Gasteiger partial charge is 0.392 e. The molecule has 0 aliphatic carbocycles. The van der Waals surface area contributed by atoms with Crippen LogP contribution in [0.25, 0.3) is 0 Å². The molecule has 0 aromatic heterocycles. The molecule has 21 heavy (non-hydrogen) atoms. The van der Waals surface area contributed by atoms with E-state index in [0.717, 1.165) is 32.6 Å². The Morgan fingerprint density at radius 3 is 2.62 bits per heavy atom. The van der Waals surface area contributed by atoms with Crippen molar-refractivity contribution in [1.82, 2.24) is 9.80 Å². The zero-order valence-electron chi connectivity index (χ0n) is 12.5. The van der Waals surface area contributed by atoms with E-state index < -0.39 is 0 Å². The zero-order chi connectivity index (χ0) is 15.2. The number of hydrogen-bond acceptors (Lipinski definition) is 3. The van der Waals surface area contributed by atoms with Gasteiger partial charge in [-0.15, -0.1) is 0 Å². The Morgan fingerprint density at radius 1 is 1.29 bits per heavy atom. The summed E-state index contributed by atoms with van der Waals surface area (Å²) in [5.74, 6) is 0.242. The molecule has 4 nitrogen and oxygen atoms in total. The van der Waals surface area contributed by atoms with E-state index in [1.165, 1.54) is 11.1 Å². The number of benzene rings is 1. The predicted octanol–water partition coefficient (Wildman–Crippen LogP) is 1.36. The molecule has 1 aliphatic rings. The Hall–Kier alpha value is -1.46. The van der Waals surface area contributed by atoms with E-state index >= 15 is 0 Å². The van der Waals surface area contributed by atoms with Gasteiger partial charge in [0.15, 0.2) is 0 Å². The van der Waals surface area contributed by atoms with E-state index in [9.17, 15) is 4.79 Å². The molecule has 1 fully saturated rings. The average Bonchev–Trinajstić information content (AvgIpc) is 2.45. The van der Waals surface area contributed by atoms with Crippen LogP contribution in [0, 0.1) is 6.92 Å². The highest BCUT2D eigenvalue weighted by molar-refractivity contribution is 7.80. The van der Waals surface area contributed by atoms with Crippen LogP contribution in [-0.4, -0.2) is 53.4 Å². The van der Waals surface area contributed by atoms with Gasteiger partial charge in [0.2, 0.25) is 5.91 Å². The molecular weight excluding hydrogens is 282 g/mol. The molecule has 0 saturated carbocycles. The Morgan fingerprint density at radius 2 is 2.00 bits per heavy atom. The topological polar surface area (TPSA) is 49.6 Å². The van der Waals surface area contributed by atoms with E-state index in [1.807, 2.05) is 11.0 Å². The maximum Gasteiger partial charge on any atom is 0.222 e. The predicted molar refractivity (Wildman–Crippen MR) is 89.3 cm³/mol. The molecule has 0 unspecified atom stereocenters. The Balaban J connectivity index is 1.76. The minimum absolute atomic E-state index is 0.242. The van der Waals surface area contributed by atoms with Crippen LogP contribution in [-0.2, 0) is 11.2 Å². The van der Waals surface area contributed by atoms with Gasteiger partial charge < -0.3 is 10.6 Å². The number of carbonyl (C=O) groups is 1. The Kier molecular flexibility index (Phi) is 5.70. The van der Waals surface area contributed by atoms with Crippen molar-refractivity contribution in [1.29, 1.82) is 0 Å². The molecular formula is C16H23N3OS. The second-order valence-electron chi connectivity index (χ2n) is 5.61. The van der Waals surface area contributed by atoms with Gasteiger partial charge in [-0.1, -0.05) is 42.0 Å². The quantitative estimate of drug-likeness (QED) is 0.835. The second kappa shape index (κ2) is 7.52. The van der Waals surface area contributed by atoms with Crippen LogP contribution in [0.3, 0.4) is 0 Å². The molecule has 0 atom stereocenters. The summed E-state index contributed by atoms with van der Waals surface area (Å²) in [6.07, 6.45) is 1.40. The van der Waals surface area contributed by atoms with Crippen LogP contribution in [0.4, 0.5) is 0 Å². The van der Waals surface area contributed by atoms with Gasteiger partial charge in [0.05, 0.1) is 4.99 Å². The van der Waals surface area contributed by atoms with Crippen molar-refractivity contribution in [2.45, 2.75) is 19.8 Å². The Labute approximate surface area is 131 Å². The number of nitrogens with two attached hydrogens (primary N) is 1. The lowest BCUT2D eigenvalue weighted by Crippen LogP contribution is -2.50. The van der Waals surface area contributed by atoms with Crippen molar-refractivity contribution in [3.63, 3.8) is 0 Å². The minimum Gasteiger partial charge on any atom is -0.392 e. The highest BCUT2D eigenvalue weighted by Crippen LogP contribution is 2.09. The van der Waals surface area contributed by atoms with Gasteiger partial charge in [-0.3, -0.25) is 9.69 Å². The highest BCUT2D eigenvalue weighted by Gasteiger charge is 2.20. The van der Waals surface area contributed by atoms with Crippen LogP contribution in [0.2, 0.25) is 0 Å². The van der Waals surface area contributed by atoms with Crippen molar-refractivity contribution < 1.29 is 4.79 Å². The van der Waals surface area contributed by atoms with Crippen LogP contribution in [0.15, 0.2) is 24.3 Å². The van der Waals surface area contributed by atoms with Crippen LogP contribution in [0.5, 0.6) is 0 Å². The fourth-order valence-electron chi connectivity index (χ4n) is 2.65. The molecule has 2 rings (SSSR count). The van der Waals surface area contributed by atoms with Crippen molar-refractivity contribution in [2.75, 3.05) is 32.7 Å². The lowest BCUT2D eigenvalue weighted by molar-refractivity contribution is -0.132. The number of nitrogens with zero attached hydrogens (tertiary/aromatic N) is 2. The molecule has 1 saturated heterocycles. The number of piperazine rings is 1. The van der Waals surface area contributed by atoms with Gasteiger partial charge in [-0.2, -0.15) is 0 Å². The fourth-order valence-corrected chi connectivity index (χ4v) is 2.84. The number of aryl methyl sites for hydroxylation is 2. The maximum atomic E-state index is 12.2. The maximum absolute atomic E-state index is 12.2. The molecule has 114 valence electrons. The normalized spacial score (nSPS) is 16.0. The number of amides is 1. The summed E-state index contributed by atoms with van der Waals surface area (Å²) in [4.78, 5) is 16.9. The van der Waals surface area contributed by atoms with Crippen molar-refractivity contribution in [3.05, 3.63) is 35.4 Å². The lowest BCUT2D eigenvalue weighted by atomic mass is 10.1. The summed E-state index contributed by atoms with van der Waals surface area (Å²) in [6, 6.07) is 8.35. The molecule has 0 spiro atoms. The summed E-state index contributed by atoms with van der Waals surface area (Å²) >= 11 is 4.92. The summed E-state index contributed by atoms with van der Waals surface area (Å²) < 4.78 is 0. The monoisotopic (exact) mass is 305 g/mol. The third-order valence-electron chi connectivity index (χ3n) is 3.81. The second-order valence-corrected chi connectivity index (χ2v) is 6.14. The summed E-state index contributed by atoms with van der Waals surface area (Å²) in [5.41, 5.74) is 8.03. The first kappa shape index (κ1) is 15.9. The van der Waals surface area contributed by atoms with Gasteiger partial charge in [-0.05, 0) is 18.9 Å². The van der Waals surface area contributed by atoms with Crippen molar-refractivity contribution >= 4 is 23.1 Å². The molecule has 1 heterocycles. The van der Waals surface area contributed by atoms with Gasteiger partial charge in [0, 0.05) is 39.1 Å². The van der Waals surface area contributed by atoms with Gasteiger partial charge in [0.25, 0.3) is 0 Å². The van der Waals surface area contributed by atoms with Crippen molar-refractivity contribution in [2.24, 2.45) is 5.73 Å². The molecule has 1 aromatic carbocycles. The van der Waals surface area contributed by atoms with Crippen LogP contribution in [0.1, 0.15) is 17.5 Å². The standard InChI is InChI=1S/C16H23N3OS/c1-13-3-2-4-14(11-13)5-6-16(20)19-9-7-18(8-10-19)12-15(17)21/h2-4,11H,5-10,12H2,1H3,(H2,17,21). The number of carbonyl (C=O) groups excluding carboxylic acids is 1. The third-order valence-corrected chi connectivity index (χ3v) is 3.94. The fraction of sp³-hybridized carbons (Fsp3) is 0.500. The lowest BCUT2D eigenvalue weighted by Gasteiger charge is -2.34. The summed E-state index contributed by atoms with van der Waals surface area (Å²) in [5, 5.41) is 0. The zero-order valence-corrected chi connectivity index (χ0v) is 13.4. The van der Waals surface area contributed by atoms with E-state index in [-0.39, 0.29) is 5.91 Å². The first-order valence-electron chi connectivity index (χ1n) is 7.38. The number of hydrogen-bond donors (Lipinski definition) is 1. The van der Waals surface area contributed by atoms with E-state index in [4.69, 9.17) is 18.0 Å². The van der Waals surface area contributed by atoms with Gasteiger partial charge in [-0.25, -0.2) is 0 Å². The SMILES string of the molecule is Cc1cccc(CCC(=O)N2CCN(CC(N)=S)CC2)c1. The van der Waals surface area contributed by atoms with Crippen molar-refractivity contribution in [3.8, 4) is 0 Å². The molecule has 5 heteroatoms. The number of rotatable bonds is 5. The average molecular weight is 305 g/mol. The first-order valence-corrected chi connectivity index (χ1v) is 7.79. The van der Waals surface area contributed by atoms with Gasteiger partial charge >= 0.3 is 0 Å². The molecule has 2 N–H and O–H groups in total. The van der Waals surface area contributed by atoms with E-state index in [1.54, 1.807) is 0 Å². The molecule has 1 amide bonds. The smallest absolute Gasteiger partial charge is 0.222 e.